The number of pyridine rings is 4. The highest BCUT2D eigenvalue weighted by molar-refractivity contribution is 6.32. The molecule has 0 aliphatic rings. The zero-order valence-electron chi connectivity index (χ0n) is 50.7. The molecule has 0 aromatic carbocycles. The third kappa shape index (κ3) is 43.4. The first-order chi connectivity index (χ1) is 40.1. The van der Waals surface area contributed by atoms with Crippen LogP contribution in [0.25, 0.3) is 0 Å². The maximum Gasteiger partial charge on any atom is 0.222 e. The Hall–Kier alpha value is -9.46. The molecular weight excluding hydrogens is 1100 g/mol. The van der Waals surface area contributed by atoms with Gasteiger partial charge >= 0.3 is 0 Å². The molecule has 21 heteroatoms. The van der Waals surface area contributed by atoms with Gasteiger partial charge in [-0.3, -0.25) is 35.1 Å². The van der Waals surface area contributed by atoms with Crippen molar-refractivity contribution in [3.63, 3.8) is 0 Å². The molecule has 0 saturated heterocycles. The molecule has 0 spiro atoms. The molecule has 0 bridgehead atoms. The van der Waals surface area contributed by atoms with Gasteiger partial charge in [0, 0.05) is 128 Å². The summed E-state index contributed by atoms with van der Waals surface area (Å²) in [6.45, 7) is 29.2. The predicted molar refractivity (Wildman–Crippen MR) is 332 cm³/mol. The van der Waals surface area contributed by atoms with Gasteiger partial charge in [0.05, 0.1) is 23.3 Å². The number of aryl methyl sites for hydroxylation is 15. The quantitative estimate of drug-likeness (QED) is 0.0842. The summed E-state index contributed by atoms with van der Waals surface area (Å²) < 4.78 is 1.02. The third-order valence-corrected chi connectivity index (χ3v) is 9.71. The van der Waals surface area contributed by atoms with Gasteiger partial charge in [-0.1, -0.05) is 23.2 Å². The van der Waals surface area contributed by atoms with Crippen molar-refractivity contribution in [2.75, 3.05) is 0 Å². The van der Waals surface area contributed by atoms with Crippen LogP contribution in [0.3, 0.4) is 0 Å². The summed E-state index contributed by atoms with van der Waals surface area (Å²) in [5.74, 6) is 2.48. The Kier molecular flexibility index (Phi) is 39.0. The maximum atomic E-state index is 8.67. The van der Waals surface area contributed by atoms with E-state index in [-0.39, 0.29) is 0 Å². The second-order valence-electron chi connectivity index (χ2n) is 17.9. The zero-order valence-corrected chi connectivity index (χ0v) is 52.2. The van der Waals surface area contributed by atoms with E-state index in [0.29, 0.717) is 10.3 Å². The standard InChI is InChI=1S/C7H9N.C6H5Cl2N.3C6H8N2.C6H8NO.C6H7N.4C5H6N2/c1-6-3-4-8-7(2)5-6;1-4-2-5(7)9-6(8)3-4;1-5-3-8-6(2)4-7-5;2*1-5-3-7-6(2)8-4-5;1-6-2-4-7(8)5-3-6;1-6-2-4-7-5-3-6;1-5-2-6-4-7-3-5;1-5-4-6-2-3-7-5;1-5-2-3-6-7-4-5;1-5-6-3-2-4-7-5/h3-5H,1-2H3;2-3H,1H3;3*3-4H,1-2H3;2-5,8H,1H3;2-5H,1H3;4*2-4H,1H3/q;;;;;+1;;;;;. The Balaban J connectivity index is 0.000000462. The molecule has 438 valence electrons. The average molecular weight is 1170 g/mol. The summed E-state index contributed by atoms with van der Waals surface area (Å²) in [7, 11) is 0. The van der Waals surface area contributed by atoms with Gasteiger partial charge in [0.25, 0.3) is 0 Å². The fourth-order valence-electron chi connectivity index (χ4n) is 5.04. The Bertz CT molecular complexity index is 2790. The lowest BCUT2D eigenvalue weighted by atomic mass is 10.3. The maximum absolute atomic E-state index is 8.67. The molecule has 0 atom stereocenters. The zero-order chi connectivity index (χ0) is 62.3. The fraction of sp³-hybridized carbons (Fsp3) is 0.238. The third-order valence-electron chi connectivity index (χ3n) is 9.33. The van der Waals surface area contributed by atoms with Crippen LogP contribution in [-0.4, -0.2) is 90.2 Å². The molecule has 84 heavy (non-hydrogen) atoms. The minimum absolute atomic E-state index is 0.444. The number of rotatable bonds is 0. The fourth-order valence-corrected chi connectivity index (χ4v) is 5.61. The molecule has 0 radical (unpaired) electrons. The summed E-state index contributed by atoms with van der Waals surface area (Å²) in [5.41, 5.74) is 13.2. The second-order valence-corrected chi connectivity index (χ2v) is 18.7. The van der Waals surface area contributed by atoms with Crippen LogP contribution in [0.2, 0.25) is 10.3 Å². The Morgan fingerprint density at radius 2 is 0.762 bits per heavy atom. The van der Waals surface area contributed by atoms with Crippen molar-refractivity contribution >= 4 is 23.2 Å². The molecule has 0 aliphatic carbocycles. The molecule has 11 aromatic heterocycles. The molecule has 11 rings (SSSR count). The van der Waals surface area contributed by atoms with Crippen molar-refractivity contribution < 1.29 is 9.94 Å². The highest BCUT2D eigenvalue weighted by atomic mass is 35.5. The number of halogens is 2. The number of hydrogen-bond acceptors (Lipinski definition) is 18. The van der Waals surface area contributed by atoms with Gasteiger partial charge in [-0.2, -0.15) is 10.2 Å². The van der Waals surface area contributed by atoms with Crippen LogP contribution in [-0.2, 0) is 0 Å². The molecule has 11 aromatic rings. The van der Waals surface area contributed by atoms with Crippen LogP contribution >= 0.6 is 23.2 Å². The number of nitrogens with zero attached hydrogens (tertiary/aromatic N) is 18. The first-order valence-corrected chi connectivity index (χ1v) is 26.7. The van der Waals surface area contributed by atoms with E-state index in [4.69, 9.17) is 28.4 Å². The van der Waals surface area contributed by atoms with Crippen LogP contribution in [0.15, 0.2) is 191 Å². The van der Waals surface area contributed by atoms with Crippen molar-refractivity contribution in [2.24, 2.45) is 0 Å². The first kappa shape index (κ1) is 72.6. The van der Waals surface area contributed by atoms with Crippen LogP contribution in [0.4, 0.5) is 0 Å². The summed E-state index contributed by atoms with van der Waals surface area (Å²) in [6, 6.07) is 18.9. The Morgan fingerprint density at radius 1 is 0.310 bits per heavy atom. The lowest BCUT2D eigenvalue weighted by Crippen LogP contribution is -2.27. The van der Waals surface area contributed by atoms with E-state index in [2.05, 4.69) is 97.9 Å². The van der Waals surface area contributed by atoms with Gasteiger partial charge in [0.2, 0.25) is 12.4 Å². The summed E-state index contributed by atoms with van der Waals surface area (Å²) in [4.78, 5) is 58.6. The highest BCUT2D eigenvalue weighted by Gasteiger charge is 1.93. The average Bonchev–Trinajstić information content (AvgIpc) is 3.47. The van der Waals surface area contributed by atoms with Crippen LogP contribution in [0, 0.1) is 104 Å². The molecule has 0 saturated carbocycles. The summed E-state index contributed by atoms with van der Waals surface area (Å²) in [5, 5.41) is 16.8. The van der Waals surface area contributed by atoms with Gasteiger partial charge in [0.15, 0.2) is 0 Å². The van der Waals surface area contributed by atoms with Gasteiger partial charge in [0.1, 0.15) is 34.1 Å². The molecule has 1 N–H and O–H groups in total. The molecular formula is C63H77Cl2N18O+. The molecule has 0 amide bonds. The van der Waals surface area contributed by atoms with Crippen LogP contribution in [0.1, 0.15) is 84.8 Å². The van der Waals surface area contributed by atoms with E-state index in [1.165, 1.54) is 17.5 Å². The predicted octanol–water partition coefficient (Wildman–Crippen LogP) is 12.7. The lowest BCUT2D eigenvalue weighted by molar-refractivity contribution is -0.904. The SMILES string of the molecule is Cc1cc(Cl)nc(Cl)c1.Cc1cc[n+](O)cc1.Cc1ccnc(C)c1.Cc1ccncc1.Cc1ccnnc1.Cc1cnc(C)cn1.Cc1cnc(C)nc1.Cc1cnc(C)nc1.Cc1cnccn1.Cc1cncnc1.Cc1ncccn1. The lowest BCUT2D eigenvalue weighted by Gasteiger charge is -1.92. The molecule has 11 heterocycles. The van der Waals surface area contributed by atoms with E-state index < -0.39 is 0 Å². The Morgan fingerprint density at radius 3 is 1.05 bits per heavy atom. The van der Waals surface area contributed by atoms with Crippen molar-refractivity contribution in [3.05, 3.63) is 286 Å². The van der Waals surface area contributed by atoms with E-state index in [0.717, 1.165) is 78.4 Å². The summed E-state index contributed by atoms with van der Waals surface area (Å²) >= 11 is 11.1. The van der Waals surface area contributed by atoms with Crippen molar-refractivity contribution in [1.29, 1.82) is 0 Å². The molecule has 19 nitrogen and oxygen atoms in total. The van der Waals surface area contributed by atoms with Gasteiger partial charge in [-0.15, -0.1) is 0 Å². The van der Waals surface area contributed by atoms with Gasteiger partial charge in [-0.25, -0.2) is 44.9 Å². The first-order valence-electron chi connectivity index (χ1n) is 26.0. The van der Waals surface area contributed by atoms with E-state index in [9.17, 15) is 0 Å². The topological polar surface area (TPSA) is 243 Å². The minimum Gasteiger partial charge on any atom is -0.285 e. The van der Waals surface area contributed by atoms with Crippen LogP contribution < -0.4 is 4.73 Å². The van der Waals surface area contributed by atoms with Crippen molar-refractivity contribution in [3.8, 4) is 0 Å². The largest absolute Gasteiger partial charge is 0.285 e. The second kappa shape index (κ2) is 45.2. The van der Waals surface area contributed by atoms with Gasteiger partial charge < -0.3 is 0 Å². The van der Waals surface area contributed by atoms with E-state index >= 15 is 0 Å². The number of aromatic nitrogens is 18. The van der Waals surface area contributed by atoms with Crippen LogP contribution in [0.5, 0.6) is 0 Å². The molecule has 0 unspecified atom stereocenters. The highest BCUT2D eigenvalue weighted by Crippen LogP contribution is 2.13. The number of hydrogen-bond donors (Lipinski definition) is 1. The van der Waals surface area contributed by atoms with Gasteiger partial charge in [-0.05, 0) is 197 Å². The molecule has 0 aliphatic heterocycles. The smallest absolute Gasteiger partial charge is 0.222 e. The van der Waals surface area contributed by atoms with Crippen molar-refractivity contribution in [2.45, 2.75) is 104 Å². The molecule has 0 fully saturated rings. The van der Waals surface area contributed by atoms with E-state index in [1.54, 1.807) is 111 Å². The van der Waals surface area contributed by atoms with E-state index in [1.807, 2.05) is 164 Å². The monoisotopic (exact) mass is 1170 g/mol. The Labute approximate surface area is 505 Å². The minimum atomic E-state index is 0.444. The summed E-state index contributed by atoms with van der Waals surface area (Å²) in [6.07, 6.45) is 36.3. The van der Waals surface area contributed by atoms with Crippen molar-refractivity contribution in [1.82, 2.24) is 85.0 Å². The normalized spacial score (nSPS) is 9.06.